The second-order valence-corrected chi connectivity index (χ2v) is 7.97. The summed E-state index contributed by atoms with van der Waals surface area (Å²) in [6.45, 7) is 5.80. The number of hydrogen-bond donors (Lipinski definition) is 1. The first-order chi connectivity index (χ1) is 10.8. The minimum absolute atomic E-state index is 0.132. The average Bonchev–Trinajstić information content (AvgIpc) is 2.78. The van der Waals surface area contributed by atoms with Gasteiger partial charge in [0.1, 0.15) is 5.60 Å². The molecule has 2 bridgehead atoms. The van der Waals surface area contributed by atoms with Gasteiger partial charge in [-0.05, 0) is 76.5 Å². The van der Waals surface area contributed by atoms with Crippen LogP contribution in [0.5, 0.6) is 0 Å². The van der Waals surface area contributed by atoms with Crippen LogP contribution in [0.25, 0.3) is 0 Å². The molecule has 126 valence electrons. The fraction of sp³-hybridized carbons (Fsp3) is 0.632. The van der Waals surface area contributed by atoms with E-state index in [0.717, 1.165) is 31.4 Å². The molecule has 0 radical (unpaired) electrons. The van der Waals surface area contributed by atoms with Crippen molar-refractivity contribution in [3.63, 3.8) is 0 Å². The van der Waals surface area contributed by atoms with Gasteiger partial charge in [-0.3, -0.25) is 0 Å². The number of fused-ring (bicyclic) bond motifs is 2. The van der Waals surface area contributed by atoms with Crippen molar-refractivity contribution < 1.29 is 9.53 Å². The van der Waals surface area contributed by atoms with Crippen LogP contribution in [-0.4, -0.2) is 28.7 Å². The van der Waals surface area contributed by atoms with Crippen LogP contribution in [-0.2, 0) is 11.2 Å². The summed E-state index contributed by atoms with van der Waals surface area (Å²) in [7, 11) is 0. The maximum absolute atomic E-state index is 12.6. The molecule has 0 aromatic heterocycles. The summed E-state index contributed by atoms with van der Waals surface area (Å²) >= 11 is 0. The molecule has 2 fully saturated rings. The van der Waals surface area contributed by atoms with Crippen LogP contribution >= 0.6 is 0 Å². The van der Waals surface area contributed by atoms with Crippen molar-refractivity contribution in [2.45, 2.75) is 70.6 Å². The summed E-state index contributed by atoms with van der Waals surface area (Å²) in [5.74, 6) is 0.518. The van der Waals surface area contributed by atoms with Crippen LogP contribution < -0.4 is 5.73 Å². The number of anilines is 1. The first kappa shape index (κ1) is 16.2. The van der Waals surface area contributed by atoms with Crippen LogP contribution in [0, 0.1) is 5.92 Å². The molecule has 2 aliphatic heterocycles. The van der Waals surface area contributed by atoms with E-state index in [1.807, 2.05) is 37.8 Å². The summed E-state index contributed by atoms with van der Waals surface area (Å²) in [6, 6.07) is 8.82. The molecule has 2 saturated heterocycles. The number of amides is 1. The second-order valence-electron chi connectivity index (χ2n) is 7.97. The van der Waals surface area contributed by atoms with Crippen LogP contribution in [0.1, 0.15) is 52.0 Å². The van der Waals surface area contributed by atoms with E-state index in [-0.39, 0.29) is 6.09 Å². The third-order valence-electron chi connectivity index (χ3n) is 5.04. The molecule has 1 aromatic rings. The lowest BCUT2D eigenvalue weighted by Gasteiger charge is -2.40. The molecule has 2 N–H and O–H groups in total. The highest BCUT2D eigenvalue weighted by Gasteiger charge is 2.46. The van der Waals surface area contributed by atoms with Crippen molar-refractivity contribution in [3.05, 3.63) is 29.8 Å². The van der Waals surface area contributed by atoms with Crippen molar-refractivity contribution in [1.29, 1.82) is 0 Å². The van der Waals surface area contributed by atoms with Crippen molar-refractivity contribution in [2.24, 2.45) is 5.92 Å². The van der Waals surface area contributed by atoms with Gasteiger partial charge >= 0.3 is 6.09 Å². The molecule has 3 atom stereocenters. The highest BCUT2D eigenvalue weighted by atomic mass is 16.6. The maximum atomic E-state index is 12.6. The van der Waals surface area contributed by atoms with Gasteiger partial charge in [-0.2, -0.15) is 0 Å². The maximum Gasteiger partial charge on any atom is 0.410 e. The molecule has 4 heteroatoms. The van der Waals surface area contributed by atoms with E-state index in [1.165, 1.54) is 12.0 Å². The number of nitrogens with zero attached hydrogens (tertiary/aromatic N) is 1. The Hall–Kier alpha value is -1.71. The standard InChI is InChI=1S/C19H28N2O2/c1-19(2,3)23-18(22)21-16-9-6-14(17(21)11-10-16)12-13-4-7-15(20)8-5-13/h4-5,7-8,14,16-17H,6,9-12,20H2,1-3H3. The third-order valence-corrected chi connectivity index (χ3v) is 5.04. The number of nitrogen functional groups attached to an aromatic ring is 1. The Morgan fingerprint density at radius 3 is 2.48 bits per heavy atom. The number of carbonyl (C=O) groups excluding carboxylic acids is 1. The zero-order valence-electron chi connectivity index (χ0n) is 14.4. The smallest absolute Gasteiger partial charge is 0.410 e. The quantitative estimate of drug-likeness (QED) is 0.839. The van der Waals surface area contributed by atoms with Gasteiger partial charge in [0.15, 0.2) is 0 Å². The molecule has 0 saturated carbocycles. The fourth-order valence-corrected chi connectivity index (χ4v) is 4.05. The van der Waals surface area contributed by atoms with Crippen molar-refractivity contribution in [3.8, 4) is 0 Å². The zero-order chi connectivity index (χ0) is 16.6. The molecule has 4 nitrogen and oxygen atoms in total. The van der Waals surface area contributed by atoms with E-state index in [0.29, 0.717) is 18.0 Å². The normalized spacial score (nSPS) is 27.1. The minimum Gasteiger partial charge on any atom is -0.444 e. The number of benzene rings is 1. The highest BCUT2D eigenvalue weighted by molar-refractivity contribution is 5.69. The fourth-order valence-electron chi connectivity index (χ4n) is 4.05. The lowest BCUT2D eigenvalue weighted by atomic mass is 9.85. The number of ether oxygens (including phenoxy) is 1. The van der Waals surface area contributed by atoms with Crippen LogP contribution in [0.4, 0.5) is 10.5 Å². The van der Waals surface area contributed by atoms with E-state index in [1.54, 1.807) is 0 Å². The molecule has 0 spiro atoms. The van der Waals surface area contributed by atoms with Gasteiger partial charge < -0.3 is 15.4 Å². The number of piperidine rings is 1. The summed E-state index contributed by atoms with van der Waals surface area (Å²) in [5.41, 5.74) is 7.44. The van der Waals surface area contributed by atoms with E-state index in [9.17, 15) is 4.79 Å². The molecule has 0 aliphatic carbocycles. The largest absolute Gasteiger partial charge is 0.444 e. The average molecular weight is 316 g/mol. The summed E-state index contributed by atoms with van der Waals surface area (Å²) in [6.07, 6.45) is 5.38. The van der Waals surface area contributed by atoms with E-state index >= 15 is 0 Å². The van der Waals surface area contributed by atoms with E-state index in [2.05, 4.69) is 12.1 Å². The molecule has 1 aromatic carbocycles. The van der Waals surface area contributed by atoms with E-state index < -0.39 is 5.60 Å². The summed E-state index contributed by atoms with van der Waals surface area (Å²) in [5, 5.41) is 0. The molecule has 3 rings (SSSR count). The Labute approximate surface area is 139 Å². The van der Waals surface area contributed by atoms with Gasteiger partial charge in [-0.25, -0.2) is 4.79 Å². The lowest BCUT2D eigenvalue weighted by Crippen LogP contribution is -2.50. The van der Waals surface area contributed by atoms with Crippen molar-refractivity contribution in [2.75, 3.05) is 5.73 Å². The summed E-state index contributed by atoms with van der Waals surface area (Å²) < 4.78 is 5.64. The number of nitrogens with two attached hydrogens (primary N) is 1. The topological polar surface area (TPSA) is 55.6 Å². The first-order valence-corrected chi connectivity index (χ1v) is 8.69. The molecule has 3 unspecified atom stereocenters. The molecular weight excluding hydrogens is 288 g/mol. The van der Waals surface area contributed by atoms with Crippen molar-refractivity contribution in [1.82, 2.24) is 4.90 Å². The molecule has 2 heterocycles. The zero-order valence-corrected chi connectivity index (χ0v) is 14.4. The second kappa shape index (κ2) is 6.06. The minimum atomic E-state index is -0.430. The Balaban J connectivity index is 1.71. The predicted molar refractivity (Wildman–Crippen MR) is 92.2 cm³/mol. The first-order valence-electron chi connectivity index (χ1n) is 8.69. The third kappa shape index (κ3) is 3.62. The Kier molecular flexibility index (Phi) is 4.26. The Bertz CT molecular complexity index is 562. The van der Waals surface area contributed by atoms with Gasteiger partial charge in [0.2, 0.25) is 0 Å². The highest BCUT2D eigenvalue weighted by Crippen LogP contribution is 2.41. The number of carbonyl (C=O) groups is 1. The van der Waals surface area contributed by atoms with Gasteiger partial charge in [-0.1, -0.05) is 12.1 Å². The van der Waals surface area contributed by atoms with Gasteiger partial charge in [0.25, 0.3) is 0 Å². The molecule has 1 amide bonds. The predicted octanol–water partition coefficient (Wildman–Crippen LogP) is 3.99. The molecular formula is C19H28N2O2. The monoisotopic (exact) mass is 316 g/mol. The molecule has 23 heavy (non-hydrogen) atoms. The SMILES string of the molecule is CC(C)(C)OC(=O)N1C2CCC(Cc3ccc(N)cc3)C1CC2. The van der Waals surface area contributed by atoms with Crippen LogP contribution in [0.2, 0.25) is 0 Å². The summed E-state index contributed by atoms with van der Waals surface area (Å²) in [4.78, 5) is 14.6. The number of rotatable bonds is 2. The van der Waals surface area contributed by atoms with Gasteiger partial charge in [-0.15, -0.1) is 0 Å². The van der Waals surface area contributed by atoms with Crippen LogP contribution in [0.15, 0.2) is 24.3 Å². The Morgan fingerprint density at radius 1 is 1.17 bits per heavy atom. The van der Waals surface area contributed by atoms with Gasteiger partial charge in [0, 0.05) is 17.8 Å². The van der Waals surface area contributed by atoms with Crippen molar-refractivity contribution >= 4 is 11.8 Å². The number of hydrogen-bond acceptors (Lipinski definition) is 3. The van der Waals surface area contributed by atoms with Crippen LogP contribution in [0.3, 0.4) is 0 Å². The Morgan fingerprint density at radius 2 is 1.83 bits per heavy atom. The lowest BCUT2D eigenvalue weighted by molar-refractivity contribution is -0.00131. The van der Waals surface area contributed by atoms with E-state index in [4.69, 9.17) is 10.5 Å². The van der Waals surface area contributed by atoms with Gasteiger partial charge in [0.05, 0.1) is 0 Å². The molecule has 2 aliphatic rings.